The number of thiophene rings is 1. The number of carbonyl (C=O) groups is 1. The Morgan fingerprint density at radius 3 is 2.58 bits per heavy atom. The molecule has 0 aliphatic carbocycles. The summed E-state index contributed by atoms with van der Waals surface area (Å²) < 4.78 is 14.9. The lowest BCUT2D eigenvalue weighted by Crippen LogP contribution is -2.52. The fourth-order valence-electron chi connectivity index (χ4n) is 2.75. The number of urea groups is 1. The second-order valence-electron chi connectivity index (χ2n) is 5.61. The normalized spacial score (nSPS) is 14.8. The molecule has 0 spiro atoms. The summed E-state index contributed by atoms with van der Waals surface area (Å²) in [6.45, 7) is 3.12. The molecule has 128 valence electrons. The zero-order chi connectivity index (χ0) is 16.9. The van der Waals surface area contributed by atoms with Crippen molar-refractivity contribution in [3.63, 3.8) is 0 Å². The van der Waals surface area contributed by atoms with Crippen LogP contribution in [0.5, 0.6) is 0 Å². The van der Waals surface area contributed by atoms with Gasteiger partial charge in [0.25, 0.3) is 0 Å². The number of amides is 2. The number of para-hydroxylation sites is 1. The molecular formula is C17H19BrFN3OS. The molecule has 0 bridgehead atoms. The predicted molar refractivity (Wildman–Crippen MR) is 99.3 cm³/mol. The van der Waals surface area contributed by atoms with Gasteiger partial charge in [0, 0.05) is 37.6 Å². The highest BCUT2D eigenvalue weighted by Crippen LogP contribution is 2.22. The first-order valence-corrected chi connectivity index (χ1v) is 9.51. The first kappa shape index (κ1) is 17.2. The van der Waals surface area contributed by atoms with Crippen LogP contribution < -0.4 is 10.2 Å². The molecule has 4 nitrogen and oxygen atoms in total. The Kier molecular flexibility index (Phi) is 5.73. The maximum absolute atomic E-state index is 13.8. The quantitative estimate of drug-likeness (QED) is 0.831. The van der Waals surface area contributed by atoms with Gasteiger partial charge in [0.15, 0.2) is 0 Å². The average molecular weight is 412 g/mol. The van der Waals surface area contributed by atoms with E-state index in [1.807, 2.05) is 17.0 Å². The van der Waals surface area contributed by atoms with Crippen molar-refractivity contribution in [2.45, 2.75) is 6.42 Å². The fraction of sp³-hybridized carbons (Fsp3) is 0.353. The summed E-state index contributed by atoms with van der Waals surface area (Å²) in [7, 11) is 0. The first-order valence-electron chi connectivity index (χ1n) is 7.90. The van der Waals surface area contributed by atoms with Crippen LogP contribution in [0.15, 0.2) is 40.2 Å². The van der Waals surface area contributed by atoms with Gasteiger partial charge in [-0.05, 0) is 46.6 Å². The lowest BCUT2D eigenvalue weighted by Gasteiger charge is -2.36. The lowest BCUT2D eigenvalue weighted by molar-refractivity contribution is 0.194. The van der Waals surface area contributed by atoms with E-state index in [1.165, 1.54) is 10.9 Å². The van der Waals surface area contributed by atoms with Crippen molar-refractivity contribution in [3.8, 4) is 0 Å². The van der Waals surface area contributed by atoms with Crippen LogP contribution in [0.1, 0.15) is 4.88 Å². The van der Waals surface area contributed by atoms with E-state index in [4.69, 9.17) is 0 Å². The van der Waals surface area contributed by atoms with Crippen molar-refractivity contribution in [2.75, 3.05) is 37.6 Å². The Morgan fingerprint density at radius 1 is 1.17 bits per heavy atom. The van der Waals surface area contributed by atoms with Crippen molar-refractivity contribution < 1.29 is 9.18 Å². The smallest absolute Gasteiger partial charge is 0.317 e. The van der Waals surface area contributed by atoms with Crippen LogP contribution in [0.3, 0.4) is 0 Å². The SMILES string of the molecule is O=C(NCCc1ccc(Br)s1)N1CCN(c2ccccc2F)CC1. The molecule has 0 radical (unpaired) electrons. The van der Waals surface area contributed by atoms with Gasteiger partial charge in [-0.3, -0.25) is 0 Å². The van der Waals surface area contributed by atoms with E-state index >= 15 is 0 Å². The number of nitrogens with zero attached hydrogens (tertiary/aromatic N) is 2. The summed E-state index contributed by atoms with van der Waals surface area (Å²) in [5, 5.41) is 2.96. The third kappa shape index (κ3) is 4.27. The molecule has 0 unspecified atom stereocenters. The van der Waals surface area contributed by atoms with Crippen LogP contribution in [-0.4, -0.2) is 43.7 Å². The standard InChI is InChI=1S/C17H19BrFN3OS/c18-16-6-5-13(24-16)7-8-20-17(23)22-11-9-21(10-12-22)15-4-2-1-3-14(15)19/h1-6H,7-12H2,(H,20,23). The number of benzene rings is 1. The molecule has 7 heteroatoms. The van der Waals surface area contributed by atoms with Crippen LogP contribution in [-0.2, 0) is 6.42 Å². The summed E-state index contributed by atoms with van der Waals surface area (Å²) >= 11 is 5.12. The Balaban J connectivity index is 1.44. The molecule has 0 atom stereocenters. The maximum Gasteiger partial charge on any atom is 0.317 e. The van der Waals surface area contributed by atoms with Crippen molar-refractivity contribution in [3.05, 3.63) is 50.9 Å². The molecule has 1 aromatic carbocycles. The van der Waals surface area contributed by atoms with E-state index in [1.54, 1.807) is 28.4 Å². The minimum absolute atomic E-state index is 0.0428. The number of hydrogen-bond acceptors (Lipinski definition) is 3. The molecular weight excluding hydrogens is 393 g/mol. The van der Waals surface area contributed by atoms with Gasteiger partial charge in [-0.15, -0.1) is 11.3 Å². The van der Waals surface area contributed by atoms with Gasteiger partial charge in [0.05, 0.1) is 9.47 Å². The van der Waals surface area contributed by atoms with Gasteiger partial charge in [-0.2, -0.15) is 0 Å². The predicted octanol–water partition coefficient (Wildman–Crippen LogP) is 3.72. The molecule has 1 fully saturated rings. The van der Waals surface area contributed by atoms with E-state index in [-0.39, 0.29) is 11.8 Å². The number of halogens is 2. The topological polar surface area (TPSA) is 35.6 Å². The van der Waals surface area contributed by atoms with Crippen molar-refractivity contribution in [1.29, 1.82) is 0 Å². The third-order valence-corrected chi connectivity index (χ3v) is 5.72. The second-order valence-corrected chi connectivity index (χ2v) is 8.16. The molecule has 2 heterocycles. The molecule has 1 saturated heterocycles. The molecule has 1 N–H and O–H groups in total. The van der Waals surface area contributed by atoms with Gasteiger partial charge in [0.1, 0.15) is 5.82 Å². The molecule has 1 aliphatic heterocycles. The fourth-order valence-corrected chi connectivity index (χ4v) is 4.23. The van der Waals surface area contributed by atoms with Crippen molar-refractivity contribution in [1.82, 2.24) is 10.2 Å². The number of carbonyl (C=O) groups excluding carboxylic acids is 1. The Labute approximate surface area is 153 Å². The largest absolute Gasteiger partial charge is 0.366 e. The van der Waals surface area contributed by atoms with Gasteiger partial charge in [0.2, 0.25) is 0 Å². The molecule has 24 heavy (non-hydrogen) atoms. The molecule has 2 amide bonds. The van der Waals surface area contributed by atoms with Crippen LogP contribution in [0.25, 0.3) is 0 Å². The monoisotopic (exact) mass is 411 g/mol. The van der Waals surface area contributed by atoms with Crippen molar-refractivity contribution >= 4 is 39.0 Å². The van der Waals surface area contributed by atoms with E-state index in [2.05, 4.69) is 27.3 Å². The Morgan fingerprint density at radius 2 is 1.92 bits per heavy atom. The summed E-state index contributed by atoms with van der Waals surface area (Å²) in [6, 6.07) is 10.8. The number of hydrogen-bond donors (Lipinski definition) is 1. The maximum atomic E-state index is 13.8. The average Bonchev–Trinajstić information content (AvgIpc) is 3.01. The summed E-state index contributed by atoms with van der Waals surface area (Å²) in [6.07, 6.45) is 0.831. The van der Waals surface area contributed by atoms with Gasteiger partial charge in [-0.1, -0.05) is 12.1 Å². The van der Waals surface area contributed by atoms with Crippen LogP contribution in [0.2, 0.25) is 0 Å². The summed E-state index contributed by atoms with van der Waals surface area (Å²) in [5.41, 5.74) is 0.612. The second kappa shape index (κ2) is 7.98. The van der Waals surface area contributed by atoms with E-state index in [0.29, 0.717) is 38.4 Å². The zero-order valence-corrected chi connectivity index (χ0v) is 15.6. The van der Waals surface area contributed by atoms with Crippen LogP contribution in [0, 0.1) is 5.82 Å². The van der Waals surface area contributed by atoms with Gasteiger partial charge in [-0.25, -0.2) is 9.18 Å². The summed E-state index contributed by atoms with van der Waals surface area (Å²) in [4.78, 5) is 17.2. The summed E-state index contributed by atoms with van der Waals surface area (Å²) in [5.74, 6) is -0.211. The zero-order valence-electron chi connectivity index (χ0n) is 13.2. The minimum atomic E-state index is -0.211. The molecule has 1 aromatic heterocycles. The van der Waals surface area contributed by atoms with E-state index in [0.717, 1.165) is 10.2 Å². The highest BCUT2D eigenvalue weighted by atomic mass is 79.9. The molecule has 2 aromatic rings. The lowest BCUT2D eigenvalue weighted by atomic mass is 10.2. The Bertz CT molecular complexity index is 701. The number of nitrogens with one attached hydrogen (secondary N) is 1. The molecule has 0 saturated carbocycles. The number of anilines is 1. The highest BCUT2D eigenvalue weighted by Gasteiger charge is 2.22. The van der Waals surface area contributed by atoms with Crippen molar-refractivity contribution in [2.24, 2.45) is 0 Å². The van der Waals surface area contributed by atoms with E-state index in [9.17, 15) is 9.18 Å². The molecule has 1 aliphatic rings. The van der Waals surface area contributed by atoms with Gasteiger partial charge >= 0.3 is 6.03 Å². The number of rotatable bonds is 4. The van der Waals surface area contributed by atoms with Gasteiger partial charge < -0.3 is 15.1 Å². The minimum Gasteiger partial charge on any atom is -0.366 e. The van der Waals surface area contributed by atoms with E-state index < -0.39 is 0 Å². The highest BCUT2D eigenvalue weighted by molar-refractivity contribution is 9.11. The third-order valence-electron chi connectivity index (χ3n) is 4.04. The molecule has 3 rings (SSSR count). The number of piperazine rings is 1. The first-order chi connectivity index (χ1) is 11.6. The van der Waals surface area contributed by atoms with Crippen LogP contribution >= 0.6 is 27.3 Å². The Hall–Kier alpha value is -1.60. The van der Waals surface area contributed by atoms with Crippen LogP contribution in [0.4, 0.5) is 14.9 Å².